The Morgan fingerprint density at radius 1 is 1.12 bits per heavy atom. The van der Waals surface area contributed by atoms with Crippen molar-refractivity contribution < 1.29 is 0 Å². The third-order valence-corrected chi connectivity index (χ3v) is 5.19. The Labute approximate surface area is 146 Å². The molecule has 0 aliphatic carbocycles. The smallest absolute Gasteiger partial charge is 0.136 e. The number of hydrogen-bond donors (Lipinski definition) is 1. The molecule has 0 unspecified atom stereocenters. The largest absolute Gasteiger partial charge is 0.385 e. The molecule has 0 amide bonds. The van der Waals surface area contributed by atoms with E-state index < -0.39 is 0 Å². The van der Waals surface area contributed by atoms with Crippen LogP contribution in [0.15, 0.2) is 42.7 Å². The number of imidazole rings is 2. The summed E-state index contributed by atoms with van der Waals surface area (Å²) in [5, 5.41) is 3.49. The Balaban J connectivity index is 1.47. The van der Waals surface area contributed by atoms with E-state index in [0.717, 1.165) is 48.5 Å². The monoisotopic (exact) mass is 331 g/mol. The minimum absolute atomic E-state index is 0.900. The van der Waals surface area contributed by atoms with Gasteiger partial charge in [-0.05, 0) is 43.5 Å². The molecule has 0 radical (unpaired) electrons. The highest BCUT2D eigenvalue weighted by atomic mass is 15.1. The van der Waals surface area contributed by atoms with E-state index >= 15 is 0 Å². The van der Waals surface area contributed by atoms with Gasteiger partial charge in [-0.3, -0.25) is 0 Å². The van der Waals surface area contributed by atoms with Crippen molar-refractivity contribution in [2.45, 2.75) is 25.7 Å². The van der Waals surface area contributed by atoms with Crippen molar-refractivity contribution in [2.24, 2.45) is 7.05 Å². The number of nitrogens with one attached hydrogen (secondary N) is 1. The zero-order chi connectivity index (χ0) is 16.8. The molecule has 25 heavy (non-hydrogen) atoms. The van der Waals surface area contributed by atoms with Gasteiger partial charge >= 0.3 is 0 Å². The van der Waals surface area contributed by atoms with Crippen molar-refractivity contribution in [3.8, 4) is 0 Å². The summed E-state index contributed by atoms with van der Waals surface area (Å²) in [4.78, 5) is 9.68. The highest BCUT2D eigenvalue weighted by molar-refractivity contribution is 5.85. The number of aromatic nitrogens is 4. The summed E-state index contributed by atoms with van der Waals surface area (Å²) in [5.74, 6) is 1.13. The first-order valence-electron chi connectivity index (χ1n) is 8.93. The van der Waals surface area contributed by atoms with Crippen LogP contribution in [0.3, 0.4) is 0 Å². The van der Waals surface area contributed by atoms with Gasteiger partial charge in [-0.1, -0.05) is 6.07 Å². The Morgan fingerprint density at radius 2 is 2.08 bits per heavy atom. The summed E-state index contributed by atoms with van der Waals surface area (Å²) in [6.07, 6.45) is 8.25. The molecule has 0 fully saturated rings. The van der Waals surface area contributed by atoms with Crippen LogP contribution < -0.4 is 5.32 Å². The fourth-order valence-electron chi connectivity index (χ4n) is 3.84. The van der Waals surface area contributed by atoms with Crippen LogP contribution in [0.4, 0.5) is 5.69 Å². The van der Waals surface area contributed by atoms with Crippen LogP contribution in [-0.4, -0.2) is 25.5 Å². The molecule has 0 spiro atoms. The second-order valence-corrected chi connectivity index (χ2v) is 6.78. The summed E-state index contributed by atoms with van der Waals surface area (Å²) >= 11 is 0. The average Bonchev–Trinajstić information content (AvgIpc) is 3.21. The number of rotatable bonds is 3. The average molecular weight is 331 g/mol. The summed E-state index contributed by atoms with van der Waals surface area (Å²) in [6.45, 7) is 1.06. The lowest BCUT2D eigenvalue weighted by atomic mass is 10.0. The van der Waals surface area contributed by atoms with Gasteiger partial charge in [0.1, 0.15) is 11.5 Å². The van der Waals surface area contributed by atoms with E-state index in [9.17, 15) is 0 Å². The van der Waals surface area contributed by atoms with E-state index in [4.69, 9.17) is 9.97 Å². The molecule has 0 saturated carbocycles. The number of nitrogens with zero attached hydrogens (tertiary/aromatic N) is 4. The van der Waals surface area contributed by atoms with Gasteiger partial charge in [0.2, 0.25) is 0 Å². The maximum atomic E-state index is 4.98. The topological polar surface area (TPSA) is 47.2 Å². The van der Waals surface area contributed by atoms with E-state index in [1.807, 2.05) is 24.4 Å². The number of fused-ring (bicyclic) bond motifs is 4. The van der Waals surface area contributed by atoms with Crippen molar-refractivity contribution in [3.05, 3.63) is 59.8 Å². The van der Waals surface area contributed by atoms with Gasteiger partial charge in [0.05, 0.1) is 16.7 Å². The highest BCUT2D eigenvalue weighted by Crippen LogP contribution is 2.30. The van der Waals surface area contributed by atoms with E-state index in [0.29, 0.717) is 0 Å². The van der Waals surface area contributed by atoms with Crippen LogP contribution in [-0.2, 0) is 26.3 Å². The molecule has 1 aromatic carbocycles. The lowest BCUT2D eigenvalue weighted by molar-refractivity contribution is 0.778. The molecule has 4 heterocycles. The predicted octanol–water partition coefficient (Wildman–Crippen LogP) is 3.36. The first-order chi connectivity index (χ1) is 12.3. The lowest BCUT2D eigenvalue weighted by Crippen LogP contribution is -2.11. The lowest BCUT2D eigenvalue weighted by Gasteiger charge is -2.17. The van der Waals surface area contributed by atoms with Crippen molar-refractivity contribution in [1.82, 2.24) is 18.9 Å². The van der Waals surface area contributed by atoms with Crippen LogP contribution in [0.25, 0.3) is 16.7 Å². The summed E-state index contributed by atoms with van der Waals surface area (Å²) < 4.78 is 4.31. The summed E-state index contributed by atoms with van der Waals surface area (Å²) in [5.41, 5.74) is 7.14. The second-order valence-electron chi connectivity index (χ2n) is 6.78. The van der Waals surface area contributed by atoms with Crippen molar-refractivity contribution in [3.63, 3.8) is 0 Å². The fourth-order valence-corrected chi connectivity index (χ4v) is 3.84. The Kier molecular flexibility index (Phi) is 3.26. The van der Waals surface area contributed by atoms with Gasteiger partial charge in [0, 0.05) is 43.7 Å². The van der Waals surface area contributed by atoms with Gasteiger partial charge in [0.25, 0.3) is 0 Å². The second kappa shape index (κ2) is 5.62. The first-order valence-corrected chi connectivity index (χ1v) is 8.93. The molecule has 1 aliphatic rings. The maximum Gasteiger partial charge on any atom is 0.136 e. The van der Waals surface area contributed by atoms with Crippen LogP contribution in [0.2, 0.25) is 0 Å². The molecular formula is C20H21N5. The Hall–Kier alpha value is -2.82. The third kappa shape index (κ3) is 2.38. The van der Waals surface area contributed by atoms with Crippen LogP contribution in [0, 0.1) is 0 Å². The molecule has 0 atom stereocenters. The fraction of sp³-hybridized carbons (Fsp3) is 0.300. The molecule has 1 N–H and O–H groups in total. The van der Waals surface area contributed by atoms with E-state index in [1.54, 1.807) is 0 Å². The van der Waals surface area contributed by atoms with Gasteiger partial charge in [-0.2, -0.15) is 0 Å². The van der Waals surface area contributed by atoms with Crippen LogP contribution in [0.5, 0.6) is 0 Å². The van der Waals surface area contributed by atoms with Crippen molar-refractivity contribution in [2.75, 3.05) is 11.9 Å². The van der Waals surface area contributed by atoms with Crippen LogP contribution >= 0.6 is 0 Å². The molecule has 5 heteroatoms. The number of benzene rings is 1. The van der Waals surface area contributed by atoms with Crippen molar-refractivity contribution >= 4 is 22.4 Å². The molecule has 4 aromatic rings. The minimum Gasteiger partial charge on any atom is -0.385 e. The molecule has 5 nitrogen and oxygen atoms in total. The van der Waals surface area contributed by atoms with Gasteiger partial charge < -0.3 is 14.3 Å². The molecule has 3 aromatic heterocycles. The molecule has 0 bridgehead atoms. The first kappa shape index (κ1) is 14.5. The molecule has 5 rings (SSSR count). The summed E-state index contributed by atoms with van der Waals surface area (Å²) in [6, 6.07) is 10.5. The number of anilines is 1. The maximum absolute atomic E-state index is 4.98. The SMILES string of the molecule is Cn1c(CCc2cn3ccccc3n2)nc2c3c(ccc21)NCCC3. The zero-order valence-corrected chi connectivity index (χ0v) is 14.4. The highest BCUT2D eigenvalue weighted by Gasteiger charge is 2.17. The standard InChI is InChI=1S/C20H21N5/c1-24-17-9-8-16-15(5-4-11-21-16)20(17)23-18(24)10-7-14-13-25-12-3-2-6-19(25)22-14/h2-3,6,8-9,12-13,21H,4-5,7,10-11H2,1H3. The molecule has 1 aliphatic heterocycles. The normalized spacial score (nSPS) is 14.0. The minimum atomic E-state index is 0.900. The number of pyridine rings is 1. The Bertz CT molecular complexity index is 1040. The van der Waals surface area contributed by atoms with Crippen LogP contribution in [0.1, 0.15) is 23.5 Å². The van der Waals surface area contributed by atoms with E-state index in [-0.39, 0.29) is 0 Å². The number of hydrogen-bond acceptors (Lipinski definition) is 3. The third-order valence-electron chi connectivity index (χ3n) is 5.19. The van der Waals surface area contributed by atoms with E-state index in [2.05, 4.69) is 39.7 Å². The Morgan fingerprint density at radius 3 is 3.00 bits per heavy atom. The van der Waals surface area contributed by atoms with Gasteiger partial charge in [0.15, 0.2) is 0 Å². The zero-order valence-electron chi connectivity index (χ0n) is 14.4. The predicted molar refractivity (Wildman–Crippen MR) is 100 cm³/mol. The van der Waals surface area contributed by atoms with Gasteiger partial charge in [-0.15, -0.1) is 0 Å². The van der Waals surface area contributed by atoms with E-state index in [1.165, 1.54) is 23.2 Å². The quantitative estimate of drug-likeness (QED) is 0.626. The molecule has 0 saturated heterocycles. The van der Waals surface area contributed by atoms with Crippen molar-refractivity contribution in [1.29, 1.82) is 0 Å². The summed E-state index contributed by atoms with van der Waals surface area (Å²) in [7, 11) is 2.12. The van der Waals surface area contributed by atoms with Gasteiger partial charge in [-0.25, -0.2) is 9.97 Å². The molecule has 126 valence electrons. The molecular weight excluding hydrogens is 310 g/mol. The number of aryl methyl sites for hydroxylation is 4.